The molecule has 0 aromatic heterocycles. The minimum Gasteiger partial charge on any atom is -0.454 e. The normalized spacial score (nSPS) is 20.6. The third-order valence-electron chi connectivity index (χ3n) is 6.31. The van der Waals surface area contributed by atoms with Crippen molar-refractivity contribution < 1.29 is 19.1 Å². The molecule has 8 nitrogen and oxygen atoms in total. The van der Waals surface area contributed by atoms with Gasteiger partial charge in [0, 0.05) is 31.1 Å². The molecule has 0 bridgehead atoms. The van der Waals surface area contributed by atoms with Gasteiger partial charge in [0.25, 0.3) is 0 Å². The van der Waals surface area contributed by atoms with E-state index < -0.39 is 0 Å². The van der Waals surface area contributed by atoms with E-state index in [1.165, 1.54) is 0 Å². The van der Waals surface area contributed by atoms with E-state index in [-0.39, 0.29) is 29.6 Å². The van der Waals surface area contributed by atoms with Gasteiger partial charge in [-0.05, 0) is 55.2 Å². The zero-order valence-corrected chi connectivity index (χ0v) is 19.4. The number of hydrogen-bond acceptors (Lipinski definition) is 6. The van der Waals surface area contributed by atoms with Crippen LogP contribution < -0.4 is 25.4 Å². The van der Waals surface area contributed by atoms with Crippen LogP contribution in [-0.4, -0.2) is 53.4 Å². The Morgan fingerprint density at radius 3 is 2.79 bits per heavy atom. The van der Waals surface area contributed by atoms with Crippen LogP contribution in [0.4, 0.5) is 10.5 Å². The van der Waals surface area contributed by atoms with Gasteiger partial charge in [-0.1, -0.05) is 18.2 Å². The lowest BCUT2D eigenvalue weighted by Gasteiger charge is -2.39. The highest BCUT2D eigenvalue weighted by molar-refractivity contribution is 8.01. The smallest absolute Gasteiger partial charge is 0.321 e. The third-order valence-corrected chi connectivity index (χ3v) is 7.89. The summed E-state index contributed by atoms with van der Waals surface area (Å²) in [4.78, 5) is 27.1. The predicted octanol–water partition coefficient (Wildman–Crippen LogP) is 3.07. The molecule has 1 unspecified atom stereocenters. The maximum Gasteiger partial charge on any atom is 0.321 e. The number of hydrogen-bond donors (Lipinski definition) is 3. The van der Waals surface area contributed by atoms with E-state index in [0.29, 0.717) is 25.4 Å². The van der Waals surface area contributed by atoms with Crippen LogP contribution in [0.25, 0.3) is 0 Å². The maximum atomic E-state index is 12.8. The summed E-state index contributed by atoms with van der Waals surface area (Å²) < 4.78 is 10.7. The number of rotatable bonds is 4. The van der Waals surface area contributed by atoms with Crippen LogP contribution in [0.1, 0.15) is 24.0 Å². The highest BCUT2D eigenvalue weighted by Crippen LogP contribution is 2.39. The van der Waals surface area contributed by atoms with Crippen molar-refractivity contribution in [3.8, 4) is 11.5 Å². The molecule has 2 aromatic rings. The Kier molecular flexibility index (Phi) is 6.07. The number of likely N-dealkylation sites (tertiary alicyclic amines) is 1. The van der Waals surface area contributed by atoms with Crippen molar-refractivity contribution in [1.82, 2.24) is 15.5 Å². The molecule has 3 amide bonds. The fourth-order valence-electron chi connectivity index (χ4n) is 4.43. The topological polar surface area (TPSA) is 91.9 Å². The van der Waals surface area contributed by atoms with E-state index >= 15 is 0 Å². The Morgan fingerprint density at radius 1 is 1.15 bits per heavy atom. The first-order valence-corrected chi connectivity index (χ1v) is 12.2. The second-order valence-corrected chi connectivity index (χ2v) is 10.1. The van der Waals surface area contributed by atoms with E-state index in [1.807, 2.05) is 54.3 Å². The van der Waals surface area contributed by atoms with Crippen LogP contribution in [0, 0.1) is 6.92 Å². The van der Waals surface area contributed by atoms with Crippen LogP contribution in [0.2, 0.25) is 0 Å². The molecule has 9 heteroatoms. The molecule has 3 N–H and O–H groups in total. The number of fused-ring (bicyclic) bond motifs is 1. The minimum absolute atomic E-state index is 0.00309. The number of carbonyl (C=O) groups excluding carboxylic acids is 2. The standard InChI is InChI=1S/C24H28N4O4S/c1-16-3-2-4-18(11-16)26-23(30)28-9-7-24(8-10-28)27-19(14-33-24)22(29)25-13-17-5-6-20-21(12-17)32-15-31-20/h2-6,11-12,19,27H,7-10,13-15H2,1H3,(H,25,29)(H,26,30). The number of nitrogens with one attached hydrogen (secondary N) is 3. The summed E-state index contributed by atoms with van der Waals surface area (Å²) in [5.74, 6) is 2.17. The predicted molar refractivity (Wildman–Crippen MR) is 128 cm³/mol. The lowest BCUT2D eigenvalue weighted by Crippen LogP contribution is -2.54. The van der Waals surface area contributed by atoms with Crippen molar-refractivity contribution in [2.45, 2.75) is 37.2 Å². The maximum absolute atomic E-state index is 12.8. The van der Waals surface area contributed by atoms with Crippen molar-refractivity contribution in [2.24, 2.45) is 0 Å². The van der Waals surface area contributed by atoms with Gasteiger partial charge in [0.1, 0.15) is 0 Å². The molecule has 1 spiro atoms. The largest absolute Gasteiger partial charge is 0.454 e. The summed E-state index contributed by atoms with van der Waals surface area (Å²) in [7, 11) is 0. The van der Waals surface area contributed by atoms with E-state index in [2.05, 4.69) is 16.0 Å². The van der Waals surface area contributed by atoms with E-state index in [0.717, 1.165) is 41.2 Å². The number of aryl methyl sites for hydroxylation is 1. The van der Waals surface area contributed by atoms with Crippen LogP contribution in [0.3, 0.4) is 0 Å². The van der Waals surface area contributed by atoms with Crippen LogP contribution in [0.15, 0.2) is 42.5 Å². The quantitative estimate of drug-likeness (QED) is 0.639. The minimum atomic E-state index is -0.239. The molecule has 3 aliphatic rings. The summed E-state index contributed by atoms with van der Waals surface area (Å²) in [5.41, 5.74) is 2.90. The SMILES string of the molecule is Cc1cccc(NC(=O)N2CCC3(CC2)NC(C(=O)NCc2ccc4c(c2)OCO4)CS3)c1. The van der Waals surface area contributed by atoms with E-state index in [1.54, 1.807) is 11.8 Å². The number of urea groups is 1. The molecule has 3 heterocycles. The molecule has 5 rings (SSSR count). The molecule has 2 saturated heterocycles. The Hall–Kier alpha value is -2.91. The number of nitrogens with zero attached hydrogens (tertiary/aromatic N) is 1. The van der Waals surface area contributed by atoms with E-state index in [9.17, 15) is 9.59 Å². The van der Waals surface area contributed by atoms with Gasteiger partial charge in [0.2, 0.25) is 12.7 Å². The first-order valence-electron chi connectivity index (χ1n) is 11.2. The molecule has 0 saturated carbocycles. The highest BCUT2D eigenvalue weighted by Gasteiger charge is 2.44. The Balaban J connectivity index is 1.09. The molecule has 3 aliphatic heterocycles. The van der Waals surface area contributed by atoms with Gasteiger partial charge in [-0.2, -0.15) is 0 Å². The monoisotopic (exact) mass is 468 g/mol. The first kappa shape index (κ1) is 21.9. The Morgan fingerprint density at radius 2 is 1.97 bits per heavy atom. The van der Waals surface area contributed by atoms with Gasteiger partial charge < -0.3 is 25.0 Å². The number of carbonyl (C=O) groups is 2. The molecule has 1 atom stereocenters. The molecule has 0 radical (unpaired) electrons. The van der Waals surface area contributed by atoms with Crippen LogP contribution in [0.5, 0.6) is 11.5 Å². The molecule has 174 valence electrons. The van der Waals surface area contributed by atoms with Gasteiger partial charge >= 0.3 is 6.03 Å². The Labute approximate surface area is 197 Å². The van der Waals surface area contributed by atoms with Crippen molar-refractivity contribution >= 4 is 29.4 Å². The summed E-state index contributed by atoms with van der Waals surface area (Å²) >= 11 is 1.79. The number of ether oxygens (including phenoxy) is 2. The molecule has 0 aliphatic carbocycles. The molecular weight excluding hydrogens is 440 g/mol. The molecule has 2 fully saturated rings. The highest BCUT2D eigenvalue weighted by atomic mass is 32.2. The van der Waals surface area contributed by atoms with Crippen molar-refractivity contribution in [2.75, 3.05) is 31.0 Å². The van der Waals surface area contributed by atoms with Gasteiger partial charge in [-0.3, -0.25) is 10.1 Å². The second kappa shape index (κ2) is 9.15. The lowest BCUT2D eigenvalue weighted by atomic mass is 10.0. The number of amides is 3. The molecule has 2 aromatic carbocycles. The summed E-state index contributed by atoms with van der Waals surface area (Å²) in [6.45, 7) is 4.00. The summed E-state index contributed by atoms with van der Waals surface area (Å²) in [6.07, 6.45) is 1.62. The van der Waals surface area contributed by atoms with Crippen molar-refractivity contribution in [1.29, 1.82) is 0 Å². The average molecular weight is 469 g/mol. The first-order chi connectivity index (χ1) is 16.0. The van der Waals surface area contributed by atoms with Crippen molar-refractivity contribution in [3.63, 3.8) is 0 Å². The second-order valence-electron chi connectivity index (χ2n) is 8.69. The number of piperidine rings is 1. The fraction of sp³-hybridized carbons (Fsp3) is 0.417. The zero-order valence-electron chi connectivity index (χ0n) is 18.6. The molecular formula is C24H28N4O4S. The van der Waals surface area contributed by atoms with Crippen LogP contribution in [-0.2, 0) is 11.3 Å². The Bertz CT molecular complexity index is 1050. The molecule has 33 heavy (non-hydrogen) atoms. The zero-order chi connectivity index (χ0) is 22.8. The summed E-state index contributed by atoms with van der Waals surface area (Å²) in [6, 6.07) is 13.2. The number of anilines is 1. The lowest BCUT2D eigenvalue weighted by molar-refractivity contribution is -0.122. The van der Waals surface area contributed by atoms with Crippen LogP contribution >= 0.6 is 11.8 Å². The third kappa shape index (κ3) is 4.89. The van der Waals surface area contributed by atoms with Gasteiger partial charge in [0.05, 0.1) is 10.9 Å². The number of benzene rings is 2. The van der Waals surface area contributed by atoms with Gasteiger partial charge in [0.15, 0.2) is 11.5 Å². The number of thioether (sulfide) groups is 1. The van der Waals surface area contributed by atoms with Gasteiger partial charge in [-0.15, -0.1) is 11.8 Å². The fourth-order valence-corrected chi connectivity index (χ4v) is 5.85. The van der Waals surface area contributed by atoms with Crippen molar-refractivity contribution in [3.05, 3.63) is 53.6 Å². The summed E-state index contributed by atoms with van der Waals surface area (Å²) in [5, 5.41) is 9.56. The van der Waals surface area contributed by atoms with E-state index in [4.69, 9.17) is 9.47 Å². The average Bonchev–Trinajstić information content (AvgIpc) is 3.45. The van der Waals surface area contributed by atoms with Gasteiger partial charge in [-0.25, -0.2) is 4.79 Å².